The summed E-state index contributed by atoms with van der Waals surface area (Å²) in [6.07, 6.45) is 7.16. The normalized spacial score (nSPS) is 11.1. The smallest absolute Gasteiger partial charge is 0.224 e. The van der Waals surface area contributed by atoms with Crippen LogP contribution in [0.5, 0.6) is 0 Å². The predicted octanol–water partition coefficient (Wildman–Crippen LogP) is 1.50. The molecule has 0 atom stereocenters. The molecule has 0 saturated carbocycles. The number of aryl methyl sites for hydroxylation is 1. The van der Waals surface area contributed by atoms with E-state index in [0.29, 0.717) is 12.4 Å². The van der Waals surface area contributed by atoms with Crippen LogP contribution in [0.3, 0.4) is 0 Å². The molecule has 0 saturated heterocycles. The molecule has 0 aromatic carbocycles. The minimum atomic E-state index is 0.632. The average molecular weight is 271 g/mol. The van der Waals surface area contributed by atoms with Crippen LogP contribution in [0, 0.1) is 0 Å². The number of H-pyrrole nitrogens is 1. The maximum absolute atomic E-state index is 4.59. The number of anilines is 1. The third kappa shape index (κ3) is 2.34. The summed E-state index contributed by atoms with van der Waals surface area (Å²) >= 11 is 0. The third-order valence-electron chi connectivity index (χ3n) is 3.17. The second-order valence-electron chi connectivity index (χ2n) is 4.68. The highest BCUT2D eigenvalue weighted by Crippen LogP contribution is 2.17. The molecular weight excluding hydrogens is 254 g/mol. The number of fused-ring (bicyclic) bond motifs is 1. The molecule has 0 bridgehead atoms. The average Bonchev–Trinajstić information content (AvgIpc) is 3.06. The van der Waals surface area contributed by atoms with Crippen molar-refractivity contribution in [3.63, 3.8) is 0 Å². The number of nitrogens with zero attached hydrogens (tertiary/aromatic N) is 5. The summed E-state index contributed by atoms with van der Waals surface area (Å²) in [6, 6.07) is 0. The van der Waals surface area contributed by atoms with Gasteiger partial charge in [0, 0.05) is 32.4 Å². The van der Waals surface area contributed by atoms with Crippen LogP contribution in [0.4, 0.5) is 5.95 Å². The molecule has 0 fully saturated rings. The molecule has 3 heterocycles. The van der Waals surface area contributed by atoms with Crippen molar-refractivity contribution in [3.8, 4) is 0 Å². The fourth-order valence-corrected chi connectivity index (χ4v) is 2.06. The van der Waals surface area contributed by atoms with Gasteiger partial charge < -0.3 is 9.88 Å². The summed E-state index contributed by atoms with van der Waals surface area (Å²) < 4.78 is 1.99. The van der Waals surface area contributed by atoms with Gasteiger partial charge >= 0.3 is 0 Å². The number of hydrogen-bond acceptors (Lipinski definition) is 5. The lowest BCUT2D eigenvalue weighted by Crippen LogP contribution is -2.08. The van der Waals surface area contributed by atoms with Gasteiger partial charge in [0.1, 0.15) is 5.82 Å². The van der Waals surface area contributed by atoms with E-state index in [4.69, 9.17) is 0 Å². The van der Waals surface area contributed by atoms with E-state index in [2.05, 4.69) is 37.4 Å². The minimum absolute atomic E-state index is 0.632. The summed E-state index contributed by atoms with van der Waals surface area (Å²) in [5, 5.41) is 11.1. The van der Waals surface area contributed by atoms with Crippen molar-refractivity contribution in [1.29, 1.82) is 0 Å². The number of imidazole rings is 1. The fraction of sp³-hybridized carbons (Fsp3) is 0.385. The van der Waals surface area contributed by atoms with Crippen LogP contribution in [0.1, 0.15) is 24.9 Å². The molecule has 0 aliphatic rings. The number of aromatic nitrogens is 6. The second kappa shape index (κ2) is 5.28. The first-order valence-electron chi connectivity index (χ1n) is 6.68. The van der Waals surface area contributed by atoms with E-state index in [1.165, 1.54) is 0 Å². The molecule has 0 unspecified atom stereocenters. The molecule has 104 valence electrons. The maximum Gasteiger partial charge on any atom is 0.224 e. The van der Waals surface area contributed by atoms with E-state index in [9.17, 15) is 0 Å². The number of nitrogens with one attached hydrogen (secondary N) is 2. The lowest BCUT2D eigenvalue weighted by atomic mass is 10.2. The molecule has 0 aliphatic heterocycles. The van der Waals surface area contributed by atoms with Crippen molar-refractivity contribution in [2.24, 2.45) is 7.05 Å². The van der Waals surface area contributed by atoms with Crippen LogP contribution < -0.4 is 5.32 Å². The molecule has 7 heteroatoms. The minimum Gasteiger partial charge on any atom is -0.354 e. The van der Waals surface area contributed by atoms with Gasteiger partial charge in [-0.15, -0.1) is 0 Å². The standard InChI is InChI=1S/C13H17N7/c1-3-4-15-13-17-10(7-11-14-5-6-20(11)2)9-8-16-19-12(9)18-13/h5-6,8H,3-4,7H2,1-2H3,(H2,15,16,17,18,19). The first kappa shape index (κ1) is 12.6. The summed E-state index contributed by atoms with van der Waals surface area (Å²) in [7, 11) is 1.98. The van der Waals surface area contributed by atoms with E-state index in [-0.39, 0.29) is 0 Å². The number of rotatable bonds is 5. The number of aromatic amines is 1. The first-order valence-corrected chi connectivity index (χ1v) is 6.68. The zero-order chi connectivity index (χ0) is 13.9. The van der Waals surface area contributed by atoms with Gasteiger partial charge in [-0.25, -0.2) is 9.97 Å². The van der Waals surface area contributed by atoms with Crippen molar-refractivity contribution in [2.45, 2.75) is 19.8 Å². The Balaban J connectivity index is 1.99. The highest BCUT2D eigenvalue weighted by atomic mass is 15.2. The molecule has 20 heavy (non-hydrogen) atoms. The summed E-state index contributed by atoms with van der Waals surface area (Å²) in [4.78, 5) is 13.4. The largest absolute Gasteiger partial charge is 0.354 e. The zero-order valence-electron chi connectivity index (χ0n) is 11.6. The molecule has 0 spiro atoms. The Labute approximate surface area is 116 Å². The van der Waals surface area contributed by atoms with Gasteiger partial charge in [0.25, 0.3) is 0 Å². The van der Waals surface area contributed by atoms with Crippen molar-refractivity contribution < 1.29 is 0 Å². The van der Waals surface area contributed by atoms with E-state index in [1.807, 2.05) is 17.8 Å². The van der Waals surface area contributed by atoms with Crippen molar-refractivity contribution in [1.82, 2.24) is 29.7 Å². The van der Waals surface area contributed by atoms with Crippen molar-refractivity contribution in [3.05, 3.63) is 30.1 Å². The van der Waals surface area contributed by atoms with Gasteiger partial charge in [0.15, 0.2) is 5.65 Å². The highest BCUT2D eigenvalue weighted by Gasteiger charge is 2.11. The van der Waals surface area contributed by atoms with E-state index >= 15 is 0 Å². The van der Waals surface area contributed by atoms with Crippen LogP contribution in [0.15, 0.2) is 18.6 Å². The molecule has 0 aliphatic carbocycles. The Morgan fingerprint density at radius 2 is 2.25 bits per heavy atom. The molecule has 0 radical (unpaired) electrons. The molecule has 0 amide bonds. The van der Waals surface area contributed by atoms with E-state index < -0.39 is 0 Å². The molecule has 2 N–H and O–H groups in total. The SMILES string of the molecule is CCCNc1nc(Cc2nccn2C)c2cn[nH]c2n1. The summed E-state index contributed by atoms with van der Waals surface area (Å²) in [5.41, 5.74) is 1.68. The van der Waals surface area contributed by atoms with Gasteiger partial charge in [0.05, 0.1) is 17.3 Å². The van der Waals surface area contributed by atoms with Gasteiger partial charge in [-0.2, -0.15) is 10.1 Å². The van der Waals surface area contributed by atoms with Gasteiger partial charge in [-0.3, -0.25) is 5.10 Å². The first-order chi connectivity index (χ1) is 9.78. The Kier molecular flexibility index (Phi) is 3.32. The monoisotopic (exact) mass is 271 g/mol. The highest BCUT2D eigenvalue weighted by molar-refractivity contribution is 5.78. The zero-order valence-corrected chi connectivity index (χ0v) is 11.6. The van der Waals surface area contributed by atoms with Crippen LogP contribution in [0.25, 0.3) is 11.0 Å². The Morgan fingerprint density at radius 3 is 3.00 bits per heavy atom. The quantitative estimate of drug-likeness (QED) is 0.734. The molecule has 3 rings (SSSR count). The second-order valence-corrected chi connectivity index (χ2v) is 4.68. The Hall–Kier alpha value is -2.44. The van der Waals surface area contributed by atoms with Gasteiger partial charge in [-0.05, 0) is 6.42 Å². The van der Waals surface area contributed by atoms with Crippen LogP contribution >= 0.6 is 0 Å². The topological polar surface area (TPSA) is 84.3 Å². The summed E-state index contributed by atoms with van der Waals surface area (Å²) in [6.45, 7) is 2.96. The van der Waals surface area contributed by atoms with E-state index in [1.54, 1.807) is 12.4 Å². The van der Waals surface area contributed by atoms with Crippen molar-refractivity contribution in [2.75, 3.05) is 11.9 Å². The predicted molar refractivity (Wildman–Crippen MR) is 76.5 cm³/mol. The Morgan fingerprint density at radius 1 is 1.35 bits per heavy atom. The van der Waals surface area contributed by atoms with Crippen LogP contribution in [-0.4, -0.2) is 36.3 Å². The third-order valence-corrected chi connectivity index (χ3v) is 3.17. The molecule has 3 aromatic heterocycles. The van der Waals surface area contributed by atoms with Crippen LogP contribution in [0.2, 0.25) is 0 Å². The maximum atomic E-state index is 4.59. The lowest BCUT2D eigenvalue weighted by molar-refractivity contribution is 0.812. The Bertz CT molecular complexity index is 712. The van der Waals surface area contributed by atoms with Crippen LogP contribution in [-0.2, 0) is 13.5 Å². The van der Waals surface area contributed by atoms with Gasteiger partial charge in [-0.1, -0.05) is 6.92 Å². The molecule has 3 aromatic rings. The lowest BCUT2D eigenvalue weighted by Gasteiger charge is -2.07. The summed E-state index contributed by atoms with van der Waals surface area (Å²) in [5.74, 6) is 1.60. The van der Waals surface area contributed by atoms with Crippen molar-refractivity contribution >= 4 is 17.0 Å². The molecule has 7 nitrogen and oxygen atoms in total. The number of hydrogen-bond donors (Lipinski definition) is 2. The van der Waals surface area contributed by atoms with E-state index in [0.717, 1.165) is 35.5 Å². The fourth-order valence-electron chi connectivity index (χ4n) is 2.06. The van der Waals surface area contributed by atoms with Gasteiger partial charge in [0.2, 0.25) is 5.95 Å². The molecular formula is C13H17N7.